The first-order valence-corrected chi connectivity index (χ1v) is 10.4. The lowest BCUT2D eigenvalue weighted by atomic mass is 10.1. The summed E-state index contributed by atoms with van der Waals surface area (Å²) in [5, 5.41) is 0. The summed E-state index contributed by atoms with van der Waals surface area (Å²) < 4.78 is 6.05. The molecule has 4 heterocycles. The Balaban J connectivity index is 1.28. The number of ketones is 1. The van der Waals surface area contributed by atoms with E-state index in [0.29, 0.717) is 35.1 Å². The third-order valence-electron chi connectivity index (χ3n) is 5.36. The molecule has 0 bridgehead atoms. The number of hydrogen-bond acceptors (Lipinski definition) is 7. The van der Waals surface area contributed by atoms with E-state index in [4.69, 9.17) is 4.74 Å². The Bertz CT molecular complexity index is 1510. The van der Waals surface area contributed by atoms with E-state index < -0.39 is 0 Å². The summed E-state index contributed by atoms with van der Waals surface area (Å²) in [7, 11) is 0. The molecular formula is C25H16N6O2. The third-order valence-corrected chi connectivity index (χ3v) is 5.36. The first kappa shape index (κ1) is 19.0. The molecule has 158 valence electrons. The summed E-state index contributed by atoms with van der Waals surface area (Å²) in [6.07, 6.45) is 5.68. The van der Waals surface area contributed by atoms with Crippen LogP contribution in [0.15, 0.2) is 78.2 Å². The van der Waals surface area contributed by atoms with E-state index in [9.17, 15) is 4.79 Å². The second kappa shape index (κ2) is 7.76. The highest BCUT2D eigenvalue weighted by molar-refractivity contribution is 6.08. The Morgan fingerprint density at radius 1 is 0.939 bits per heavy atom. The number of nitrogens with zero attached hydrogens (tertiary/aromatic N) is 5. The van der Waals surface area contributed by atoms with Crippen molar-refractivity contribution in [2.24, 2.45) is 4.99 Å². The predicted molar refractivity (Wildman–Crippen MR) is 123 cm³/mol. The Labute approximate surface area is 188 Å². The van der Waals surface area contributed by atoms with Gasteiger partial charge in [0.15, 0.2) is 5.82 Å². The second-order valence-electron chi connectivity index (χ2n) is 7.45. The summed E-state index contributed by atoms with van der Waals surface area (Å²) >= 11 is 0. The van der Waals surface area contributed by atoms with E-state index >= 15 is 0 Å². The minimum absolute atomic E-state index is 0.189. The maximum Gasteiger partial charge on any atom is 0.228 e. The van der Waals surface area contributed by atoms with Crippen molar-refractivity contribution in [1.29, 1.82) is 0 Å². The zero-order chi connectivity index (χ0) is 22.2. The number of pyridine rings is 1. The molecule has 0 atom stereocenters. The zero-order valence-electron chi connectivity index (χ0n) is 17.3. The molecule has 0 saturated heterocycles. The largest absolute Gasteiger partial charge is 0.438 e. The molecule has 8 nitrogen and oxygen atoms in total. The van der Waals surface area contributed by atoms with Crippen LogP contribution in [-0.4, -0.2) is 36.9 Å². The predicted octanol–water partition coefficient (Wildman–Crippen LogP) is 4.70. The maximum atomic E-state index is 12.9. The second-order valence-corrected chi connectivity index (χ2v) is 7.45. The monoisotopic (exact) mass is 432 g/mol. The van der Waals surface area contributed by atoms with Crippen LogP contribution in [0.5, 0.6) is 11.6 Å². The van der Waals surface area contributed by atoms with Crippen molar-refractivity contribution in [3.63, 3.8) is 0 Å². The summed E-state index contributed by atoms with van der Waals surface area (Å²) in [6.45, 7) is 0. The van der Waals surface area contributed by atoms with Gasteiger partial charge in [-0.15, -0.1) is 0 Å². The fraction of sp³-hybridized carbons (Fsp3) is 0.0400. The molecular weight excluding hydrogens is 416 g/mol. The van der Waals surface area contributed by atoms with Crippen LogP contribution in [0, 0.1) is 0 Å². The van der Waals surface area contributed by atoms with Crippen LogP contribution >= 0.6 is 0 Å². The van der Waals surface area contributed by atoms with E-state index in [1.807, 2.05) is 42.6 Å². The Morgan fingerprint density at radius 3 is 2.70 bits per heavy atom. The van der Waals surface area contributed by atoms with Crippen LogP contribution in [0.1, 0.15) is 21.9 Å². The number of nitrogens with one attached hydrogen (secondary N) is 1. The van der Waals surface area contributed by atoms with E-state index in [0.717, 1.165) is 28.0 Å². The van der Waals surface area contributed by atoms with Gasteiger partial charge < -0.3 is 9.72 Å². The van der Waals surface area contributed by atoms with Crippen LogP contribution in [0.4, 0.5) is 5.69 Å². The van der Waals surface area contributed by atoms with Gasteiger partial charge in [0.25, 0.3) is 0 Å². The van der Waals surface area contributed by atoms with Crippen molar-refractivity contribution >= 4 is 28.7 Å². The van der Waals surface area contributed by atoms with Crippen LogP contribution in [0.3, 0.4) is 0 Å². The Morgan fingerprint density at radius 2 is 1.82 bits per heavy atom. The molecule has 3 aromatic heterocycles. The van der Waals surface area contributed by atoms with Gasteiger partial charge in [-0.1, -0.05) is 12.1 Å². The highest BCUT2D eigenvalue weighted by Crippen LogP contribution is 2.38. The molecule has 0 radical (unpaired) electrons. The molecule has 2 aromatic carbocycles. The molecule has 0 fully saturated rings. The average molecular weight is 432 g/mol. The molecule has 0 spiro atoms. The number of aromatic amines is 1. The number of hydrogen-bond donors (Lipinski definition) is 1. The first-order valence-electron chi connectivity index (χ1n) is 10.4. The lowest BCUT2D eigenvalue weighted by molar-refractivity contribution is 0.103. The lowest BCUT2D eigenvalue weighted by Crippen LogP contribution is -2.03. The number of benzene rings is 2. The van der Waals surface area contributed by atoms with Gasteiger partial charge in [-0.2, -0.15) is 0 Å². The fourth-order valence-corrected chi connectivity index (χ4v) is 3.76. The number of fused-ring (bicyclic) bond motifs is 2. The van der Waals surface area contributed by atoms with E-state index in [-0.39, 0.29) is 5.78 Å². The molecule has 0 unspecified atom stereocenters. The number of carbonyl (C=O) groups is 1. The van der Waals surface area contributed by atoms with E-state index in [2.05, 4.69) is 29.9 Å². The fourth-order valence-electron chi connectivity index (χ4n) is 3.76. The van der Waals surface area contributed by atoms with Gasteiger partial charge in [0.05, 0.1) is 22.3 Å². The highest BCUT2D eigenvalue weighted by Gasteiger charge is 2.20. The minimum Gasteiger partial charge on any atom is -0.438 e. The third kappa shape index (κ3) is 3.43. The number of ether oxygens (including phenoxy) is 1. The molecule has 5 aromatic rings. The van der Waals surface area contributed by atoms with Crippen LogP contribution in [0.25, 0.3) is 22.3 Å². The molecule has 8 heteroatoms. The Kier molecular flexibility index (Phi) is 4.47. The molecule has 33 heavy (non-hydrogen) atoms. The summed E-state index contributed by atoms with van der Waals surface area (Å²) in [4.78, 5) is 37.8. The van der Waals surface area contributed by atoms with Gasteiger partial charge in [0, 0.05) is 24.4 Å². The molecule has 0 aliphatic carbocycles. The van der Waals surface area contributed by atoms with Crippen LogP contribution < -0.4 is 4.74 Å². The normalized spacial score (nSPS) is 12.1. The SMILES string of the molecule is O=C(c1ccc(Oc2ncccc2-c2ncnc3c2N=CC3)cc1)c1nc2ccccc2[nH]1. The molecule has 1 N–H and O–H groups in total. The molecule has 1 aliphatic rings. The molecule has 1 aliphatic heterocycles. The number of carbonyl (C=O) groups excluding carboxylic acids is 1. The number of H-pyrrole nitrogens is 1. The molecule has 0 amide bonds. The lowest BCUT2D eigenvalue weighted by Gasteiger charge is -2.11. The number of aliphatic imine (C=N–C) groups is 1. The Hall–Kier alpha value is -4.72. The van der Waals surface area contributed by atoms with Gasteiger partial charge in [-0.25, -0.2) is 19.9 Å². The number of aromatic nitrogens is 5. The van der Waals surface area contributed by atoms with Gasteiger partial charge in [-0.05, 0) is 48.5 Å². The first-order chi connectivity index (χ1) is 16.3. The standard InChI is InChI=1S/C25H16N6O2/c32-23(24-30-18-5-1-2-6-19(18)31-24)15-7-9-16(10-8-15)33-25-17(4-3-12-27-25)21-22-20(11-13-26-22)28-14-29-21/h1-10,12-14H,11H2,(H,30,31). The van der Waals surface area contributed by atoms with Crippen molar-refractivity contribution in [2.45, 2.75) is 6.42 Å². The van der Waals surface area contributed by atoms with E-state index in [1.54, 1.807) is 30.5 Å². The van der Waals surface area contributed by atoms with Crippen LogP contribution in [-0.2, 0) is 6.42 Å². The smallest absolute Gasteiger partial charge is 0.228 e. The maximum absolute atomic E-state index is 12.9. The summed E-state index contributed by atoms with van der Waals surface area (Å²) in [5.74, 6) is 1.06. The van der Waals surface area contributed by atoms with Crippen molar-refractivity contribution in [1.82, 2.24) is 24.9 Å². The average Bonchev–Trinajstić information content (AvgIpc) is 3.51. The van der Waals surface area contributed by atoms with Crippen molar-refractivity contribution in [3.05, 3.63) is 90.3 Å². The molecule has 6 rings (SSSR count). The van der Waals surface area contributed by atoms with Gasteiger partial charge in [0.1, 0.15) is 23.5 Å². The topological polar surface area (TPSA) is 106 Å². The zero-order valence-corrected chi connectivity index (χ0v) is 17.3. The number of rotatable bonds is 5. The van der Waals surface area contributed by atoms with Gasteiger partial charge in [-0.3, -0.25) is 9.79 Å². The quantitative estimate of drug-likeness (QED) is 0.404. The van der Waals surface area contributed by atoms with Crippen LogP contribution in [0.2, 0.25) is 0 Å². The summed E-state index contributed by atoms with van der Waals surface area (Å²) in [6, 6.07) is 18.1. The molecule has 0 saturated carbocycles. The van der Waals surface area contributed by atoms with E-state index in [1.165, 1.54) is 6.33 Å². The number of imidazole rings is 1. The van der Waals surface area contributed by atoms with Crippen molar-refractivity contribution < 1.29 is 9.53 Å². The van der Waals surface area contributed by atoms with Crippen molar-refractivity contribution in [3.8, 4) is 22.9 Å². The van der Waals surface area contributed by atoms with Crippen molar-refractivity contribution in [2.75, 3.05) is 0 Å². The van der Waals surface area contributed by atoms with Gasteiger partial charge in [0.2, 0.25) is 11.7 Å². The number of para-hydroxylation sites is 2. The summed E-state index contributed by atoms with van der Waals surface area (Å²) in [5.41, 5.74) is 5.09. The van der Waals surface area contributed by atoms with Gasteiger partial charge >= 0.3 is 0 Å². The minimum atomic E-state index is -0.189. The highest BCUT2D eigenvalue weighted by atomic mass is 16.5.